The van der Waals surface area contributed by atoms with Crippen LogP contribution in [0.2, 0.25) is 0 Å². The van der Waals surface area contributed by atoms with Crippen molar-refractivity contribution < 1.29 is 13.5 Å². The Morgan fingerprint density at radius 3 is 2.81 bits per heavy atom. The van der Waals surface area contributed by atoms with Gasteiger partial charge in [0.1, 0.15) is 5.75 Å². The van der Waals surface area contributed by atoms with Gasteiger partial charge in [-0.2, -0.15) is 0 Å². The molecule has 21 heavy (non-hydrogen) atoms. The van der Waals surface area contributed by atoms with Gasteiger partial charge in [-0.25, -0.2) is 8.78 Å². The number of halogens is 2. The van der Waals surface area contributed by atoms with Crippen molar-refractivity contribution in [1.82, 2.24) is 5.32 Å². The number of likely N-dealkylation sites (N-methyl/N-ethyl adjacent to an activating group) is 1. The lowest BCUT2D eigenvalue weighted by Crippen LogP contribution is -2.20. The van der Waals surface area contributed by atoms with Crippen LogP contribution < -0.4 is 10.1 Å². The Balaban J connectivity index is 1.93. The summed E-state index contributed by atoms with van der Waals surface area (Å²) in [6, 6.07) is 10.2. The SMILES string of the molecule is CNC(Cc1cccc(F)c1F)c1cccc2c1OCC2. The van der Waals surface area contributed by atoms with Crippen LogP contribution in [0, 0.1) is 11.6 Å². The molecule has 0 amide bonds. The number of hydrogen-bond donors (Lipinski definition) is 1. The van der Waals surface area contributed by atoms with Crippen molar-refractivity contribution in [1.29, 1.82) is 0 Å². The Kier molecular flexibility index (Phi) is 3.88. The van der Waals surface area contributed by atoms with Crippen LogP contribution in [0.15, 0.2) is 36.4 Å². The van der Waals surface area contributed by atoms with Gasteiger partial charge in [-0.3, -0.25) is 0 Å². The van der Waals surface area contributed by atoms with Gasteiger partial charge in [0.15, 0.2) is 11.6 Å². The van der Waals surface area contributed by atoms with E-state index in [9.17, 15) is 8.78 Å². The third kappa shape index (κ3) is 2.63. The maximum atomic E-state index is 13.9. The molecule has 1 N–H and O–H groups in total. The average molecular weight is 289 g/mol. The predicted octanol–water partition coefficient (Wildman–Crippen LogP) is 3.40. The van der Waals surface area contributed by atoms with Gasteiger partial charge in [-0.05, 0) is 30.7 Å². The third-order valence-electron chi connectivity index (χ3n) is 3.92. The molecule has 0 aromatic heterocycles. The van der Waals surface area contributed by atoms with Crippen LogP contribution in [0.1, 0.15) is 22.7 Å². The highest BCUT2D eigenvalue weighted by Crippen LogP contribution is 2.34. The molecule has 110 valence electrons. The van der Waals surface area contributed by atoms with Crippen molar-refractivity contribution in [3.8, 4) is 5.75 Å². The topological polar surface area (TPSA) is 21.3 Å². The summed E-state index contributed by atoms with van der Waals surface area (Å²) < 4.78 is 32.9. The first kappa shape index (κ1) is 14.0. The summed E-state index contributed by atoms with van der Waals surface area (Å²) in [7, 11) is 1.82. The van der Waals surface area contributed by atoms with E-state index in [4.69, 9.17) is 4.74 Å². The molecule has 2 nitrogen and oxygen atoms in total. The van der Waals surface area contributed by atoms with Crippen LogP contribution in [0.25, 0.3) is 0 Å². The molecule has 0 bridgehead atoms. The molecule has 1 unspecified atom stereocenters. The lowest BCUT2D eigenvalue weighted by molar-refractivity contribution is 0.348. The Bertz CT molecular complexity index is 657. The molecule has 2 aromatic carbocycles. The molecule has 4 heteroatoms. The van der Waals surface area contributed by atoms with Crippen molar-refractivity contribution in [3.63, 3.8) is 0 Å². The standard InChI is InChI=1S/C17H17F2NO/c1-20-15(10-12-5-3-7-14(18)16(12)19)13-6-2-4-11-8-9-21-17(11)13/h2-7,15,20H,8-10H2,1H3. The Morgan fingerprint density at radius 2 is 2.00 bits per heavy atom. The fraction of sp³-hybridized carbons (Fsp3) is 0.294. The number of ether oxygens (including phenoxy) is 1. The number of benzene rings is 2. The monoisotopic (exact) mass is 289 g/mol. The summed E-state index contributed by atoms with van der Waals surface area (Å²) in [4.78, 5) is 0. The first-order valence-electron chi connectivity index (χ1n) is 7.05. The minimum absolute atomic E-state index is 0.116. The number of fused-ring (bicyclic) bond motifs is 1. The van der Waals surface area contributed by atoms with Crippen molar-refractivity contribution in [2.45, 2.75) is 18.9 Å². The number of para-hydroxylation sites is 1. The molecule has 0 radical (unpaired) electrons. The summed E-state index contributed by atoms with van der Waals surface area (Å²) >= 11 is 0. The van der Waals surface area contributed by atoms with E-state index < -0.39 is 11.6 Å². The minimum atomic E-state index is -0.808. The quantitative estimate of drug-likeness (QED) is 0.931. The van der Waals surface area contributed by atoms with E-state index >= 15 is 0 Å². The Labute approximate surface area is 122 Å². The molecule has 0 aliphatic carbocycles. The van der Waals surface area contributed by atoms with Crippen LogP contribution in [0.3, 0.4) is 0 Å². The van der Waals surface area contributed by atoms with Crippen molar-refractivity contribution in [2.75, 3.05) is 13.7 Å². The van der Waals surface area contributed by atoms with Crippen molar-refractivity contribution in [2.24, 2.45) is 0 Å². The van der Waals surface area contributed by atoms with E-state index in [2.05, 4.69) is 5.32 Å². The van der Waals surface area contributed by atoms with Gasteiger partial charge in [-0.15, -0.1) is 0 Å². The average Bonchev–Trinajstić information content (AvgIpc) is 2.97. The van der Waals surface area contributed by atoms with Gasteiger partial charge >= 0.3 is 0 Å². The van der Waals surface area contributed by atoms with Crippen LogP contribution in [-0.2, 0) is 12.8 Å². The summed E-state index contributed by atoms with van der Waals surface area (Å²) in [5.41, 5.74) is 2.54. The zero-order chi connectivity index (χ0) is 14.8. The molecule has 0 spiro atoms. The number of rotatable bonds is 4. The Morgan fingerprint density at radius 1 is 1.19 bits per heavy atom. The van der Waals surface area contributed by atoms with Crippen LogP contribution >= 0.6 is 0 Å². The fourth-order valence-electron chi connectivity index (χ4n) is 2.81. The van der Waals surface area contributed by atoms with Gasteiger partial charge in [0, 0.05) is 18.0 Å². The zero-order valence-corrected chi connectivity index (χ0v) is 11.8. The molecule has 0 saturated heterocycles. The smallest absolute Gasteiger partial charge is 0.162 e. The fourth-order valence-corrected chi connectivity index (χ4v) is 2.81. The lowest BCUT2D eigenvalue weighted by atomic mass is 9.96. The highest BCUT2D eigenvalue weighted by molar-refractivity contribution is 5.46. The van der Waals surface area contributed by atoms with Gasteiger partial charge in [0.2, 0.25) is 0 Å². The van der Waals surface area contributed by atoms with Crippen molar-refractivity contribution >= 4 is 0 Å². The van der Waals surface area contributed by atoms with Crippen LogP contribution in [-0.4, -0.2) is 13.7 Å². The van der Waals surface area contributed by atoms with E-state index in [-0.39, 0.29) is 6.04 Å². The molecule has 0 saturated carbocycles. The first-order chi connectivity index (χ1) is 10.2. The van der Waals surface area contributed by atoms with Gasteiger partial charge in [0.05, 0.1) is 6.61 Å². The number of hydrogen-bond acceptors (Lipinski definition) is 2. The molecule has 2 aromatic rings. The normalized spacial score (nSPS) is 14.6. The predicted molar refractivity (Wildman–Crippen MR) is 77.5 cm³/mol. The van der Waals surface area contributed by atoms with E-state index in [0.29, 0.717) is 18.6 Å². The van der Waals surface area contributed by atoms with E-state index in [1.165, 1.54) is 11.6 Å². The number of nitrogens with one attached hydrogen (secondary N) is 1. The lowest BCUT2D eigenvalue weighted by Gasteiger charge is -2.19. The molecule has 0 fully saturated rings. The van der Waals surface area contributed by atoms with Gasteiger partial charge in [-0.1, -0.05) is 30.3 Å². The highest BCUT2D eigenvalue weighted by atomic mass is 19.2. The van der Waals surface area contributed by atoms with E-state index in [0.717, 1.165) is 23.8 Å². The summed E-state index contributed by atoms with van der Waals surface area (Å²) in [6.07, 6.45) is 1.27. The first-order valence-corrected chi connectivity index (χ1v) is 7.05. The molecular formula is C17H17F2NO. The summed E-state index contributed by atoms with van der Waals surface area (Å²) in [5, 5.41) is 3.17. The van der Waals surface area contributed by atoms with Gasteiger partial charge in [0.25, 0.3) is 0 Å². The summed E-state index contributed by atoms with van der Waals surface area (Å²) in [6.45, 7) is 0.678. The third-order valence-corrected chi connectivity index (χ3v) is 3.92. The van der Waals surface area contributed by atoms with Gasteiger partial charge < -0.3 is 10.1 Å². The molecule has 1 atom stereocenters. The maximum absolute atomic E-state index is 13.9. The second kappa shape index (κ2) is 5.82. The summed E-state index contributed by atoms with van der Waals surface area (Å²) in [5.74, 6) is -0.697. The van der Waals surface area contributed by atoms with Crippen LogP contribution in [0.4, 0.5) is 8.78 Å². The molecule has 1 aliphatic heterocycles. The molecule has 1 heterocycles. The zero-order valence-electron chi connectivity index (χ0n) is 11.8. The van der Waals surface area contributed by atoms with Crippen LogP contribution in [0.5, 0.6) is 5.75 Å². The van der Waals surface area contributed by atoms with E-state index in [1.54, 1.807) is 6.07 Å². The van der Waals surface area contributed by atoms with Crippen molar-refractivity contribution in [3.05, 3.63) is 64.7 Å². The maximum Gasteiger partial charge on any atom is 0.162 e. The largest absolute Gasteiger partial charge is 0.493 e. The Hall–Kier alpha value is -1.94. The minimum Gasteiger partial charge on any atom is -0.493 e. The highest BCUT2D eigenvalue weighted by Gasteiger charge is 2.22. The second-order valence-electron chi connectivity index (χ2n) is 5.19. The molecule has 1 aliphatic rings. The molecular weight excluding hydrogens is 272 g/mol. The molecule has 3 rings (SSSR count). The second-order valence-corrected chi connectivity index (χ2v) is 5.19. The van der Waals surface area contributed by atoms with E-state index in [1.807, 2.05) is 25.2 Å².